The highest BCUT2D eigenvalue weighted by Gasteiger charge is 2.24. The minimum absolute atomic E-state index is 1.18. The molecule has 8 heteroatoms. The number of para-hydroxylation sites is 10. The van der Waals surface area contributed by atoms with Crippen LogP contribution in [0.1, 0.15) is 0 Å². The van der Waals surface area contributed by atoms with Crippen molar-refractivity contribution in [2.45, 2.75) is 0 Å². The molecule has 8 aromatic heterocycles. The van der Waals surface area contributed by atoms with Crippen molar-refractivity contribution in [3.8, 4) is 78.6 Å². The molecule has 0 aliphatic rings. The Bertz CT molecular complexity index is 9560. The van der Waals surface area contributed by atoms with E-state index in [0.29, 0.717) is 0 Å². The van der Waals surface area contributed by atoms with Crippen LogP contribution in [0.4, 0.5) is 0 Å². The molecule has 0 unspecified atom stereocenters. The minimum atomic E-state index is 1.18. The number of fused-ring (bicyclic) bond motifs is 25. The average Bonchev–Trinajstić information content (AvgIpc) is 1.54. The van der Waals surface area contributed by atoms with Crippen LogP contribution in [0, 0.1) is 0 Å². The predicted octanol–water partition coefficient (Wildman–Crippen LogP) is 35.0. The first-order chi connectivity index (χ1) is 66.5. The van der Waals surface area contributed by atoms with E-state index in [1.165, 1.54) is 250 Å². The molecule has 0 bridgehead atoms. The summed E-state index contributed by atoms with van der Waals surface area (Å²) in [4.78, 5) is 0. The van der Waals surface area contributed by atoms with E-state index in [9.17, 15) is 0 Å². The first-order valence-corrected chi connectivity index (χ1v) is 47.5. The van der Waals surface area contributed by atoms with Gasteiger partial charge in [-0.15, -0.1) is 22.7 Å². The van der Waals surface area contributed by atoms with E-state index in [-0.39, 0.29) is 0 Å². The van der Waals surface area contributed by atoms with Crippen LogP contribution in [-0.4, -0.2) is 27.4 Å². The van der Waals surface area contributed by atoms with Crippen LogP contribution in [0.5, 0.6) is 0 Å². The van der Waals surface area contributed by atoms with Crippen molar-refractivity contribution in [2.75, 3.05) is 0 Å². The largest absolute Gasteiger partial charge is 0.309 e. The van der Waals surface area contributed by atoms with Gasteiger partial charge in [0.25, 0.3) is 0 Å². The van der Waals surface area contributed by atoms with Gasteiger partial charge >= 0.3 is 0 Å². The van der Waals surface area contributed by atoms with Crippen LogP contribution in [0.3, 0.4) is 0 Å². The number of rotatable bonds is 10. The second-order valence-electron chi connectivity index (χ2n) is 35.0. The lowest BCUT2D eigenvalue weighted by Crippen LogP contribution is -1.93. The van der Waals surface area contributed by atoms with Crippen molar-refractivity contribution in [1.82, 2.24) is 27.4 Å². The topological polar surface area (TPSA) is 29.6 Å². The third kappa shape index (κ3) is 12.4. The fourth-order valence-corrected chi connectivity index (χ4v) is 23.9. The second kappa shape index (κ2) is 31.3. The highest BCUT2D eigenvalue weighted by Crippen LogP contribution is 2.49. The van der Waals surface area contributed by atoms with Gasteiger partial charge in [0.1, 0.15) is 0 Å². The number of hydrogen-bond acceptors (Lipinski definition) is 2. The molecule has 0 fully saturated rings. The van der Waals surface area contributed by atoms with E-state index in [1.54, 1.807) is 0 Å². The first-order valence-electron chi connectivity index (χ1n) is 45.8. The highest BCUT2D eigenvalue weighted by atomic mass is 32.1. The Balaban J connectivity index is 0.000000102. The van der Waals surface area contributed by atoms with Crippen molar-refractivity contribution in [3.63, 3.8) is 0 Å². The van der Waals surface area contributed by atoms with E-state index in [4.69, 9.17) is 0 Å². The SMILES string of the molecule is c1ccc(-n2c3ccccc3c3cc(-c4ccc(-c5ccc6c(c5)c5ccccc5n6-c5ccccc5)cc4)ccc32)cc1.c1ccc(-n2c3ccccc3c3cc(-c4ccc5c(c4)c4c6sc7ccccc7c6ccc4n5-c4ccccc4)ccc32)cc1.c1ccc(-n2c3ccccc3c3cc(-c4ccc5c(c4)c4cc6sc7ccccc7c6cc4n5-c4ccccc4)ccc32)cc1. The van der Waals surface area contributed by atoms with E-state index >= 15 is 0 Å². The molecule has 0 radical (unpaired) electrons. The third-order valence-electron chi connectivity index (χ3n) is 27.5. The predicted molar refractivity (Wildman–Crippen MR) is 573 cm³/mol. The molecule has 0 atom stereocenters. The van der Waals surface area contributed by atoms with Crippen molar-refractivity contribution < 1.29 is 0 Å². The zero-order chi connectivity index (χ0) is 88.0. The highest BCUT2D eigenvalue weighted by molar-refractivity contribution is 7.27. The summed E-state index contributed by atoms with van der Waals surface area (Å²) in [6.07, 6.45) is 0. The molecule has 0 saturated heterocycles. The lowest BCUT2D eigenvalue weighted by molar-refractivity contribution is 1.18. The number of nitrogens with zero attached hydrogens (tertiary/aromatic N) is 6. The summed E-state index contributed by atoms with van der Waals surface area (Å²) in [5, 5.41) is 20.7. The van der Waals surface area contributed by atoms with Crippen LogP contribution in [0.25, 0.3) is 250 Å². The fraction of sp³-hybridized carbons (Fsp3) is 0. The second-order valence-corrected chi connectivity index (χ2v) is 37.1. The van der Waals surface area contributed by atoms with Crippen LogP contribution in [0.2, 0.25) is 0 Å². The average molecular weight is 1740 g/mol. The van der Waals surface area contributed by atoms with Crippen molar-refractivity contribution in [2.24, 2.45) is 0 Å². The van der Waals surface area contributed by atoms with Crippen LogP contribution in [-0.2, 0) is 0 Å². The summed E-state index contributed by atoms with van der Waals surface area (Å²) in [5.74, 6) is 0. The Hall–Kier alpha value is -17.1. The molecule has 29 aromatic rings. The minimum Gasteiger partial charge on any atom is -0.309 e. The molecular formula is C126H80N6S2. The summed E-state index contributed by atoms with van der Waals surface area (Å²) in [6.45, 7) is 0. The molecule has 6 nitrogen and oxygen atoms in total. The van der Waals surface area contributed by atoms with Gasteiger partial charge in [0.05, 0.1) is 66.2 Å². The van der Waals surface area contributed by atoms with Gasteiger partial charge in [-0.1, -0.05) is 285 Å². The summed E-state index contributed by atoms with van der Waals surface area (Å²) in [6, 6.07) is 177. The smallest absolute Gasteiger partial charge is 0.0555 e. The van der Waals surface area contributed by atoms with Gasteiger partial charge in [-0.3, -0.25) is 0 Å². The Morgan fingerprint density at radius 2 is 0.351 bits per heavy atom. The summed E-state index contributed by atoms with van der Waals surface area (Å²) in [5.41, 5.74) is 31.6. The Labute approximate surface area is 779 Å². The number of hydrogen-bond donors (Lipinski definition) is 0. The van der Waals surface area contributed by atoms with Crippen LogP contribution in [0.15, 0.2) is 485 Å². The normalized spacial score (nSPS) is 11.9. The molecule has 0 amide bonds. The third-order valence-corrected chi connectivity index (χ3v) is 29.9. The first kappa shape index (κ1) is 76.9. The van der Waals surface area contributed by atoms with Gasteiger partial charge in [0.15, 0.2) is 0 Å². The zero-order valence-corrected chi connectivity index (χ0v) is 74.3. The van der Waals surface area contributed by atoms with E-state index in [1.807, 2.05) is 22.7 Å². The lowest BCUT2D eigenvalue weighted by atomic mass is 9.98. The zero-order valence-electron chi connectivity index (χ0n) is 72.7. The maximum Gasteiger partial charge on any atom is 0.0555 e. The molecule has 626 valence electrons. The molecule has 134 heavy (non-hydrogen) atoms. The molecule has 0 N–H and O–H groups in total. The lowest BCUT2D eigenvalue weighted by Gasteiger charge is -2.09. The summed E-state index contributed by atoms with van der Waals surface area (Å²) in [7, 11) is 0. The van der Waals surface area contributed by atoms with Crippen molar-refractivity contribution >= 4 is 194 Å². The van der Waals surface area contributed by atoms with E-state index in [0.717, 1.165) is 0 Å². The monoisotopic (exact) mass is 1740 g/mol. The quantitative estimate of drug-likeness (QED) is 0.131. The van der Waals surface area contributed by atoms with Crippen molar-refractivity contribution in [1.29, 1.82) is 0 Å². The number of benzene rings is 21. The van der Waals surface area contributed by atoms with Gasteiger partial charge in [0.2, 0.25) is 0 Å². The maximum atomic E-state index is 2.43. The van der Waals surface area contributed by atoms with E-state index in [2.05, 4.69) is 513 Å². The van der Waals surface area contributed by atoms with Gasteiger partial charge in [-0.2, -0.15) is 0 Å². The van der Waals surface area contributed by atoms with Crippen LogP contribution >= 0.6 is 22.7 Å². The van der Waals surface area contributed by atoms with Gasteiger partial charge < -0.3 is 27.4 Å². The van der Waals surface area contributed by atoms with Gasteiger partial charge in [-0.25, -0.2) is 0 Å². The molecule has 21 aromatic carbocycles. The molecular weight excluding hydrogens is 1660 g/mol. The summed E-state index contributed by atoms with van der Waals surface area (Å²) >= 11 is 3.79. The van der Waals surface area contributed by atoms with E-state index < -0.39 is 0 Å². The molecule has 0 spiro atoms. The van der Waals surface area contributed by atoms with Gasteiger partial charge in [-0.05, 0) is 245 Å². The van der Waals surface area contributed by atoms with Gasteiger partial charge in [0, 0.05) is 139 Å². The maximum absolute atomic E-state index is 2.43. The molecule has 29 rings (SSSR count). The Kier molecular flexibility index (Phi) is 18.0. The Morgan fingerprint density at radius 3 is 0.701 bits per heavy atom. The molecule has 0 aliphatic carbocycles. The number of aromatic nitrogens is 6. The van der Waals surface area contributed by atoms with Crippen molar-refractivity contribution in [3.05, 3.63) is 485 Å². The van der Waals surface area contributed by atoms with Crippen LogP contribution < -0.4 is 0 Å². The molecule has 8 heterocycles. The Morgan fingerprint density at radius 1 is 0.119 bits per heavy atom. The summed E-state index contributed by atoms with van der Waals surface area (Å²) < 4.78 is 19.7. The fourth-order valence-electron chi connectivity index (χ4n) is 21.5. The molecule has 0 aliphatic heterocycles. The number of thiophene rings is 2. The standard InChI is InChI=1S/2C42H26N2S.C42H28N2/c1-3-11-29(12-4-1)43-36-17-9-7-15-31(36)34-25-27(19-22-37(34)43)28-20-23-38-35(26-28)41-39(44(38)30-13-5-2-6-14-30)24-21-33-32-16-8-10-18-40(32)45-42(33)41;1-3-11-29(12-4-1)43-37-17-9-7-15-31(37)33-23-27(19-21-38(33)43)28-20-22-39-34(24-28)35-26-42-36(32-16-8-10-18-41(32)45-42)25-40(35)44(39)30-13-5-2-6-14-30;1-3-11-33(12-4-1)43-39-17-9-7-15-35(39)37-27-31(23-25-41(37)43)29-19-21-30(22-20-29)32-24-26-42-38(28-32)36-16-8-10-18-40(36)44(42)34-13-5-2-6-14-34/h2*1-26H;1-28H. The molecule has 0 saturated carbocycles.